The monoisotopic (exact) mass is 240 g/mol. The topological polar surface area (TPSA) is 38.0 Å². The molecule has 2 aromatic carbocycles. The zero-order chi connectivity index (χ0) is 12.4. The summed E-state index contributed by atoms with van der Waals surface area (Å²) < 4.78 is 0. The molecule has 0 radical (unpaired) electrons. The van der Waals surface area contributed by atoms with Gasteiger partial charge in [-0.2, -0.15) is 0 Å². The maximum Gasteiger partial charge on any atom is 0.0324 e. The van der Waals surface area contributed by atoms with E-state index in [1.807, 2.05) is 0 Å². The van der Waals surface area contributed by atoms with E-state index in [4.69, 9.17) is 5.73 Å². The van der Waals surface area contributed by atoms with Gasteiger partial charge in [0.1, 0.15) is 0 Å². The first-order valence-electron chi connectivity index (χ1n) is 6.79. The van der Waals surface area contributed by atoms with Crippen LogP contribution in [0.5, 0.6) is 0 Å². The van der Waals surface area contributed by atoms with Gasteiger partial charge >= 0.3 is 0 Å². The number of piperidine rings is 1. The van der Waals surface area contributed by atoms with E-state index in [2.05, 4.69) is 47.8 Å². The Labute approximate surface area is 108 Å². The molecule has 1 saturated heterocycles. The van der Waals surface area contributed by atoms with Crippen molar-refractivity contribution >= 4 is 10.8 Å². The summed E-state index contributed by atoms with van der Waals surface area (Å²) in [4.78, 5) is 0. The number of hydrogen-bond acceptors (Lipinski definition) is 2. The number of nitrogens with two attached hydrogens (primary N) is 1. The van der Waals surface area contributed by atoms with Gasteiger partial charge in [0.2, 0.25) is 0 Å². The van der Waals surface area contributed by atoms with E-state index in [0.29, 0.717) is 5.92 Å². The average molecular weight is 240 g/mol. The summed E-state index contributed by atoms with van der Waals surface area (Å²) in [5, 5.41) is 5.98. The molecule has 0 aliphatic carbocycles. The van der Waals surface area contributed by atoms with Gasteiger partial charge in [-0.3, -0.25) is 0 Å². The lowest BCUT2D eigenvalue weighted by molar-refractivity contribution is 0.322. The Hall–Kier alpha value is -1.38. The van der Waals surface area contributed by atoms with Gasteiger partial charge in [0, 0.05) is 6.04 Å². The highest BCUT2D eigenvalue weighted by Gasteiger charge is 2.21. The van der Waals surface area contributed by atoms with Crippen LogP contribution < -0.4 is 11.1 Å². The van der Waals surface area contributed by atoms with Crippen molar-refractivity contribution in [3.05, 3.63) is 48.0 Å². The Bertz CT molecular complexity index is 529. The molecule has 1 aliphatic rings. The summed E-state index contributed by atoms with van der Waals surface area (Å²) in [6, 6.07) is 15.3. The number of benzene rings is 2. The first kappa shape index (κ1) is 11.7. The molecule has 3 N–H and O–H groups in total. The summed E-state index contributed by atoms with van der Waals surface area (Å²) in [5.41, 5.74) is 7.71. The van der Waals surface area contributed by atoms with E-state index < -0.39 is 0 Å². The third-order valence-electron chi connectivity index (χ3n) is 4.05. The average Bonchev–Trinajstić information content (AvgIpc) is 2.47. The highest BCUT2D eigenvalue weighted by molar-refractivity contribution is 5.83. The fourth-order valence-electron chi connectivity index (χ4n) is 2.89. The standard InChI is InChI=1S/C16H20N2/c17-16(13-7-9-18-10-8-13)15-6-5-12-3-1-2-4-14(12)11-15/h1-6,11,13,16,18H,7-10,17H2. The first-order chi connectivity index (χ1) is 8.84. The second-order valence-corrected chi connectivity index (χ2v) is 5.22. The van der Waals surface area contributed by atoms with Crippen molar-refractivity contribution in [2.75, 3.05) is 13.1 Å². The van der Waals surface area contributed by atoms with Crippen molar-refractivity contribution < 1.29 is 0 Å². The van der Waals surface area contributed by atoms with Crippen LogP contribution in [-0.2, 0) is 0 Å². The molecule has 2 nitrogen and oxygen atoms in total. The SMILES string of the molecule is NC(c1ccc2ccccc2c1)C1CCNCC1. The summed E-state index contributed by atoms with van der Waals surface area (Å²) >= 11 is 0. The van der Waals surface area contributed by atoms with Crippen molar-refractivity contribution in [3.63, 3.8) is 0 Å². The van der Waals surface area contributed by atoms with Crippen LogP contribution in [0.15, 0.2) is 42.5 Å². The minimum atomic E-state index is 0.178. The Kier molecular flexibility index (Phi) is 3.31. The molecule has 18 heavy (non-hydrogen) atoms. The van der Waals surface area contributed by atoms with Crippen molar-refractivity contribution in [1.82, 2.24) is 5.32 Å². The predicted molar refractivity (Wildman–Crippen MR) is 76.5 cm³/mol. The molecule has 1 atom stereocenters. The van der Waals surface area contributed by atoms with Crippen LogP contribution in [0.4, 0.5) is 0 Å². The van der Waals surface area contributed by atoms with Crippen LogP contribution in [0.2, 0.25) is 0 Å². The van der Waals surface area contributed by atoms with Crippen LogP contribution in [0.3, 0.4) is 0 Å². The molecular weight excluding hydrogens is 220 g/mol. The molecule has 0 saturated carbocycles. The second-order valence-electron chi connectivity index (χ2n) is 5.22. The number of hydrogen-bond donors (Lipinski definition) is 2. The van der Waals surface area contributed by atoms with E-state index in [9.17, 15) is 0 Å². The molecule has 1 unspecified atom stereocenters. The maximum absolute atomic E-state index is 6.43. The lowest BCUT2D eigenvalue weighted by Gasteiger charge is -2.28. The Morgan fingerprint density at radius 3 is 2.50 bits per heavy atom. The molecule has 94 valence electrons. The van der Waals surface area contributed by atoms with E-state index in [1.165, 1.54) is 29.2 Å². The molecule has 1 aliphatic heterocycles. The summed E-state index contributed by atoms with van der Waals surface area (Å²) in [7, 11) is 0. The quantitative estimate of drug-likeness (QED) is 0.847. The molecule has 0 aromatic heterocycles. The van der Waals surface area contributed by atoms with E-state index in [0.717, 1.165) is 13.1 Å². The number of rotatable bonds is 2. The normalized spacial score (nSPS) is 18.9. The van der Waals surface area contributed by atoms with E-state index in [1.54, 1.807) is 0 Å². The first-order valence-corrected chi connectivity index (χ1v) is 6.79. The molecular formula is C16H20N2. The fraction of sp³-hybridized carbons (Fsp3) is 0.375. The zero-order valence-electron chi connectivity index (χ0n) is 10.6. The van der Waals surface area contributed by atoms with Gasteiger partial charge in [-0.05, 0) is 54.3 Å². The van der Waals surface area contributed by atoms with E-state index >= 15 is 0 Å². The minimum absolute atomic E-state index is 0.178. The predicted octanol–water partition coefficient (Wildman–Crippen LogP) is 2.84. The number of fused-ring (bicyclic) bond motifs is 1. The lowest BCUT2D eigenvalue weighted by Crippen LogP contribution is -2.33. The van der Waals surface area contributed by atoms with Gasteiger partial charge in [0.25, 0.3) is 0 Å². The fourth-order valence-corrected chi connectivity index (χ4v) is 2.89. The minimum Gasteiger partial charge on any atom is -0.324 e. The molecule has 3 rings (SSSR count). The largest absolute Gasteiger partial charge is 0.324 e. The van der Waals surface area contributed by atoms with Crippen LogP contribution in [0.25, 0.3) is 10.8 Å². The van der Waals surface area contributed by atoms with Gasteiger partial charge in [-0.25, -0.2) is 0 Å². The molecule has 0 bridgehead atoms. The summed E-state index contributed by atoms with van der Waals surface area (Å²) in [6.07, 6.45) is 2.38. The van der Waals surface area contributed by atoms with Gasteiger partial charge in [0.05, 0.1) is 0 Å². The van der Waals surface area contributed by atoms with Crippen molar-refractivity contribution in [1.29, 1.82) is 0 Å². The smallest absolute Gasteiger partial charge is 0.0324 e. The van der Waals surface area contributed by atoms with Gasteiger partial charge < -0.3 is 11.1 Å². The Balaban J connectivity index is 1.88. The van der Waals surface area contributed by atoms with Crippen molar-refractivity contribution in [2.45, 2.75) is 18.9 Å². The Morgan fingerprint density at radius 1 is 1.00 bits per heavy atom. The van der Waals surface area contributed by atoms with Gasteiger partial charge in [0.15, 0.2) is 0 Å². The van der Waals surface area contributed by atoms with Crippen LogP contribution in [-0.4, -0.2) is 13.1 Å². The third-order valence-corrected chi connectivity index (χ3v) is 4.05. The lowest BCUT2D eigenvalue weighted by atomic mass is 9.86. The molecule has 2 aromatic rings. The van der Waals surface area contributed by atoms with Gasteiger partial charge in [-0.15, -0.1) is 0 Å². The molecule has 0 amide bonds. The second kappa shape index (κ2) is 5.09. The van der Waals surface area contributed by atoms with E-state index in [-0.39, 0.29) is 6.04 Å². The molecule has 0 spiro atoms. The van der Waals surface area contributed by atoms with Gasteiger partial charge in [-0.1, -0.05) is 36.4 Å². The third kappa shape index (κ3) is 2.26. The van der Waals surface area contributed by atoms with Crippen LogP contribution in [0, 0.1) is 5.92 Å². The highest BCUT2D eigenvalue weighted by atomic mass is 14.9. The molecule has 1 fully saturated rings. The Morgan fingerprint density at radius 2 is 1.72 bits per heavy atom. The van der Waals surface area contributed by atoms with Crippen molar-refractivity contribution in [3.8, 4) is 0 Å². The zero-order valence-corrected chi connectivity index (χ0v) is 10.6. The maximum atomic E-state index is 6.43. The van der Waals surface area contributed by atoms with Crippen LogP contribution in [0.1, 0.15) is 24.4 Å². The molecule has 2 heteroatoms. The highest BCUT2D eigenvalue weighted by Crippen LogP contribution is 2.28. The van der Waals surface area contributed by atoms with Crippen molar-refractivity contribution in [2.24, 2.45) is 11.7 Å². The summed E-state index contributed by atoms with van der Waals surface area (Å²) in [6.45, 7) is 2.21. The molecule has 1 heterocycles. The van der Waals surface area contributed by atoms with Crippen LogP contribution >= 0.6 is 0 Å². The summed E-state index contributed by atoms with van der Waals surface area (Å²) in [5.74, 6) is 0.618. The number of nitrogens with one attached hydrogen (secondary N) is 1.